The monoisotopic (exact) mass is 445 g/mol. The number of aryl methyl sites for hydroxylation is 1. The van der Waals surface area contributed by atoms with Crippen molar-refractivity contribution in [3.63, 3.8) is 0 Å². The topological polar surface area (TPSA) is 104 Å². The number of H-pyrrole nitrogens is 1. The van der Waals surface area contributed by atoms with Crippen LogP contribution in [0.5, 0.6) is 0 Å². The van der Waals surface area contributed by atoms with E-state index in [1.54, 1.807) is 12.1 Å². The molecular formula is C19H20BrN5O3. The standard InChI is InChI=1S/C19H20BrN5O3/c1-5-21-18(27)25(4)19-24-23-17(28-19)15-10(2)14(11(3)22-15)16(26)12-7-6-8-13(20)9-12/h6-9,22H,5H2,1-4H3,(H,21,27). The molecule has 0 aliphatic rings. The lowest BCUT2D eigenvalue weighted by Gasteiger charge is -2.11. The molecular weight excluding hydrogens is 426 g/mol. The highest BCUT2D eigenvalue weighted by Crippen LogP contribution is 2.30. The van der Waals surface area contributed by atoms with Gasteiger partial charge in [-0.3, -0.25) is 4.79 Å². The lowest BCUT2D eigenvalue weighted by molar-refractivity contribution is 0.103. The molecule has 0 spiro atoms. The number of rotatable bonds is 5. The second kappa shape index (κ2) is 7.97. The first-order valence-corrected chi connectivity index (χ1v) is 9.47. The second-order valence-corrected chi connectivity index (χ2v) is 7.16. The minimum Gasteiger partial charge on any atom is -0.401 e. The minimum absolute atomic E-state index is 0.0625. The summed E-state index contributed by atoms with van der Waals surface area (Å²) in [5, 5.41) is 10.6. The summed E-state index contributed by atoms with van der Waals surface area (Å²) < 4.78 is 6.48. The van der Waals surface area contributed by atoms with Crippen LogP contribution in [0.3, 0.4) is 0 Å². The third-order valence-electron chi connectivity index (χ3n) is 4.30. The molecule has 0 unspecified atom stereocenters. The van der Waals surface area contributed by atoms with E-state index in [0.717, 1.165) is 4.47 Å². The third-order valence-corrected chi connectivity index (χ3v) is 4.79. The van der Waals surface area contributed by atoms with E-state index in [-0.39, 0.29) is 23.7 Å². The smallest absolute Gasteiger partial charge is 0.326 e. The summed E-state index contributed by atoms with van der Waals surface area (Å²) in [5.41, 5.74) is 3.10. The number of nitrogens with one attached hydrogen (secondary N) is 2. The lowest BCUT2D eigenvalue weighted by atomic mass is 10.00. The van der Waals surface area contributed by atoms with E-state index in [4.69, 9.17) is 4.42 Å². The molecule has 0 saturated carbocycles. The molecule has 2 amide bonds. The van der Waals surface area contributed by atoms with Gasteiger partial charge >= 0.3 is 12.0 Å². The Labute approximate surface area is 170 Å². The normalized spacial score (nSPS) is 10.8. The highest BCUT2D eigenvalue weighted by atomic mass is 79.9. The van der Waals surface area contributed by atoms with Crippen molar-refractivity contribution >= 4 is 33.8 Å². The predicted molar refractivity (Wildman–Crippen MR) is 109 cm³/mol. The van der Waals surface area contributed by atoms with Gasteiger partial charge in [-0.25, -0.2) is 9.69 Å². The fraction of sp³-hybridized carbons (Fsp3) is 0.263. The Bertz CT molecular complexity index is 1040. The van der Waals surface area contributed by atoms with Crippen LogP contribution in [0.1, 0.15) is 34.1 Å². The van der Waals surface area contributed by atoms with E-state index < -0.39 is 0 Å². The van der Waals surface area contributed by atoms with Crippen molar-refractivity contribution in [3.8, 4) is 11.6 Å². The number of benzene rings is 1. The van der Waals surface area contributed by atoms with Gasteiger partial charge in [0.05, 0.1) is 0 Å². The number of aromatic nitrogens is 3. The first-order chi connectivity index (χ1) is 13.3. The second-order valence-electron chi connectivity index (χ2n) is 6.25. The Balaban J connectivity index is 1.94. The van der Waals surface area contributed by atoms with Gasteiger partial charge in [-0.15, -0.1) is 5.10 Å². The van der Waals surface area contributed by atoms with Gasteiger partial charge < -0.3 is 14.7 Å². The quantitative estimate of drug-likeness (QED) is 0.580. The molecule has 1 aromatic carbocycles. The molecule has 28 heavy (non-hydrogen) atoms. The molecule has 9 heteroatoms. The van der Waals surface area contributed by atoms with Crippen molar-refractivity contribution in [2.75, 3.05) is 18.5 Å². The molecule has 0 aliphatic carbocycles. The summed E-state index contributed by atoms with van der Waals surface area (Å²) in [6.07, 6.45) is 0. The van der Waals surface area contributed by atoms with Crippen LogP contribution in [-0.4, -0.2) is 40.6 Å². The maximum atomic E-state index is 13.0. The van der Waals surface area contributed by atoms with Gasteiger partial charge in [-0.1, -0.05) is 33.2 Å². The Morgan fingerprint density at radius 1 is 1.29 bits per heavy atom. The zero-order valence-corrected chi connectivity index (χ0v) is 17.5. The number of carbonyl (C=O) groups excluding carboxylic acids is 2. The number of halogens is 1. The molecule has 146 valence electrons. The first kappa shape index (κ1) is 19.8. The summed E-state index contributed by atoms with van der Waals surface area (Å²) in [4.78, 5) is 29.3. The average molecular weight is 446 g/mol. The summed E-state index contributed by atoms with van der Waals surface area (Å²) in [6.45, 7) is 5.95. The van der Waals surface area contributed by atoms with Gasteiger partial charge in [0.2, 0.25) is 0 Å². The molecule has 0 atom stereocenters. The van der Waals surface area contributed by atoms with Gasteiger partial charge in [-0.05, 0) is 38.5 Å². The summed E-state index contributed by atoms with van der Waals surface area (Å²) in [5.74, 6) is 0.109. The molecule has 0 bridgehead atoms. The van der Waals surface area contributed by atoms with Crippen molar-refractivity contribution in [1.82, 2.24) is 20.5 Å². The zero-order valence-electron chi connectivity index (χ0n) is 16.0. The van der Waals surface area contributed by atoms with Crippen LogP contribution >= 0.6 is 15.9 Å². The number of hydrogen-bond donors (Lipinski definition) is 2. The number of ketones is 1. The van der Waals surface area contributed by atoms with Crippen LogP contribution in [0.4, 0.5) is 10.8 Å². The fourth-order valence-corrected chi connectivity index (χ4v) is 3.29. The van der Waals surface area contributed by atoms with Crippen molar-refractivity contribution in [2.24, 2.45) is 0 Å². The Kier molecular flexibility index (Phi) is 5.64. The number of amides is 2. The SMILES string of the molecule is CCNC(=O)N(C)c1nnc(-c2[nH]c(C)c(C(=O)c3cccc(Br)c3)c2C)o1. The molecule has 3 aromatic rings. The predicted octanol–water partition coefficient (Wildman–Crippen LogP) is 3.84. The van der Waals surface area contributed by atoms with E-state index in [0.29, 0.717) is 34.6 Å². The number of hydrogen-bond acceptors (Lipinski definition) is 5. The Hall–Kier alpha value is -2.94. The van der Waals surface area contributed by atoms with Crippen LogP contribution in [0.2, 0.25) is 0 Å². The summed E-state index contributed by atoms with van der Waals surface area (Å²) in [7, 11) is 1.54. The maximum absolute atomic E-state index is 13.0. The molecule has 2 aromatic heterocycles. The van der Waals surface area contributed by atoms with E-state index >= 15 is 0 Å². The highest BCUT2D eigenvalue weighted by molar-refractivity contribution is 9.10. The van der Waals surface area contributed by atoms with Gasteiger partial charge in [0.25, 0.3) is 5.89 Å². The van der Waals surface area contributed by atoms with E-state index in [9.17, 15) is 9.59 Å². The van der Waals surface area contributed by atoms with Crippen LogP contribution in [0.25, 0.3) is 11.6 Å². The molecule has 2 heterocycles. The first-order valence-electron chi connectivity index (χ1n) is 8.68. The van der Waals surface area contributed by atoms with Crippen molar-refractivity contribution in [3.05, 3.63) is 51.1 Å². The third kappa shape index (κ3) is 3.70. The molecule has 0 radical (unpaired) electrons. The molecule has 2 N–H and O–H groups in total. The number of anilines is 1. The summed E-state index contributed by atoms with van der Waals surface area (Å²) >= 11 is 3.39. The van der Waals surface area contributed by atoms with Crippen molar-refractivity contribution < 1.29 is 14.0 Å². The average Bonchev–Trinajstić information content (AvgIpc) is 3.25. The van der Waals surface area contributed by atoms with Crippen LogP contribution in [0.15, 0.2) is 33.2 Å². The Morgan fingerprint density at radius 2 is 2.04 bits per heavy atom. The van der Waals surface area contributed by atoms with Gasteiger partial charge in [0.1, 0.15) is 5.69 Å². The molecule has 8 nitrogen and oxygen atoms in total. The Morgan fingerprint density at radius 3 is 2.71 bits per heavy atom. The van der Waals surface area contributed by atoms with Crippen molar-refractivity contribution in [1.29, 1.82) is 0 Å². The number of carbonyl (C=O) groups is 2. The van der Waals surface area contributed by atoms with E-state index in [2.05, 4.69) is 36.4 Å². The highest BCUT2D eigenvalue weighted by Gasteiger charge is 2.24. The lowest BCUT2D eigenvalue weighted by Crippen LogP contribution is -2.37. The van der Waals surface area contributed by atoms with E-state index in [1.165, 1.54) is 11.9 Å². The van der Waals surface area contributed by atoms with Crippen molar-refractivity contribution in [2.45, 2.75) is 20.8 Å². The maximum Gasteiger partial charge on any atom is 0.326 e. The number of nitrogens with zero attached hydrogens (tertiary/aromatic N) is 3. The zero-order chi connectivity index (χ0) is 20.4. The van der Waals surface area contributed by atoms with Gasteiger partial charge in [-0.2, -0.15) is 0 Å². The molecule has 3 rings (SSSR count). The van der Waals surface area contributed by atoms with Crippen LogP contribution < -0.4 is 10.2 Å². The van der Waals surface area contributed by atoms with Crippen LogP contribution in [0, 0.1) is 13.8 Å². The summed E-state index contributed by atoms with van der Waals surface area (Å²) in [6, 6.07) is 6.95. The molecule has 0 fully saturated rings. The number of aromatic amines is 1. The fourth-order valence-electron chi connectivity index (χ4n) is 2.89. The number of urea groups is 1. The minimum atomic E-state index is -0.345. The molecule has 0 saturated heterocycles. The van der Waals surface area contributed by atoms with Gasteiger partial charge in [0.15, 0.2) is 5.78 Å². The van der Waals surface area contributed by atoms with Gasteiger partial charge in [0, 0.05) is 34.9 Å². The largest absolute Gasteiger partial charge is 0.401 e. The van der Waals surface area contributed by atoms with E-state index in [1.807, 2.05) is 32.9 Å². The molecule has 0 aliphatic heterocycles. The van der Waals surface area contributed by atoms with Crippen LogP contribution in [-0.2, 0) is 0 Å².